The Morgan fingerprint density at radius 2 is 1.79 bits per heavy atom. The number of nitrogens with zero attached hydrogens (tertiary/aromatic N) is 1. The predicted octanol–water partition coefficient (Wildman–Crippen LogP) is 3.69. The van der Waals surface area contributed by atoms with Gasteiger partial charge in [0.2, 0.25) is 10.0 Å². The molecule has 0 saturated heterocycles. The summed E-state index contributed by atoms with van der Waals surface area (Å²) in [6.07, 6.45) is 0. The fraction of sp³-hybridized carbons (Fsp3) is 0.235. The molecule has 0 spiro atoms. The van der Waals surface area contributed by atoms with Gasteiger partial charge in [-0.3, -0.25) is 9.10 Å². The van der Waals surface area contributed by atoms with Crippen molar-refractivity contribution in [2.45, 2.75) is 13.8 Å². The van der Waals surface area contributed by atoms with Gasteiger partial charge >= 0.3 is 0 Å². The zero-order valence-corrected chi connectivity index (χ0v) is 15.3. The van der Waals surface area contributed by atoms with E-state index in [0.717, 1.165) is 5.56 Å². The molecule has 0 fully saturated rings. The van der Waals surface area contributed by atoms with Gasteiger partial charge in [-0.1, -0.05) is 17.7 Å². The molecule has 2 rings (SSSR count). The maximum Gasteiger partial charge on any atom is 0.255 e. The molecular weight excluding hydrogens is 348 g/mol. The van der Waals surface area contributed by atoms with Crippen LogP contribution >= 0.6 is 11.6 Å². The monoisotopic (exact) mass is 366 g/mol. The molecule has 5 nitrogen and oxygen atoms in total. The summed E-state index contributed by atoms with van der Waals surface area (Å²) in [5.41, 5.74) is 2.47. The van der Waals surface area contributed by atoms with E-state index in [9.17, 15) is 13.2 Å². The standard InChI is InChI=1S/C17H19ClN2O3S/c1-4-24(22,23)20(3)15-9-6-13(7-10-15)17(21)19-14-8-5-12(2)16(18)11-14/h5-11H,4H2,1-3H3,(H,19,21). The molecule has 0 unspecified atom stereocenters. The van der Waals surface area contributed by atoms with Crippen LogP contribution in [0.5, 0.6) is 0 Å². The van der Waals surface area contributed by atoms with Crippen LogP contribution in [-0.2, 0) is 10.0 Å². The van der Waals surface area contributed by atoms with Crippen LogP contribution in [0.1, 0.15) is 22.8 Å². The Balaban J connectivity index is 2.15. The Labute approximate surface area is 147 Å². The number of halogens is 1. The lowest BCUT2D eigenvalue weighted by Gasteiger charge is -2.18. The minimum Gasteiger partial charge on any atom is -0.322 e. The van der Waals surface area contributed by atoms with Crippen molar-refractivity contribution in [3.8, 4) is 0 Å². The summed E-state index contributed by atoms with van der Waals surface area (Å²) < 4.78 is 24.9. The van der Waals surface area contributed by atoms with Crippen LogP contribution in [0.2, 0.25) is 5.02 Å². The highest BCUT2D eigenvalue weighted by Gasteiger charge is 2.16. The second-order valence-corrected chi connectivity index (χ2v) is 8.03. The number of anilines is 2. The van der Waals surface area contributed by atoms with Crippen LogP contribution in [0.25, 0.3) is 0 Å². The van der Waals surface area contributed by atoms with Crippen LogP contribution in [0.4, 0.5) is 11.4 Å². The third-order valence-corrected chi connectivity index (χ3v) is 5.89. The minimum atomic E-state index is -3.32. The number of amides is 1. The van der Waals surface area contributed by atoms with E-state index in [4.69, 9.17) is 11.6 Å². The van der Waals surface area contributed by atoms with E-state index in [0.29, 0.717) is 22.0 Å². The molecule has 2 aromatic rings. The Kier molecular flexibility index (Phi) is 5.51. The number of carbonyl (C=O) groups excluding carboxylic acids is 1. The highest BCUT2D eigenvalue weighted by atomic mass is 35.5. The fourth-order valence-electron chi connectivity index (χ4n) is 2.05. The summed E-state index contributed by atoms with van der Waals surface area (Å²) in [7, 11) is -1.84. The molecule has 128 valence electrons. The smallest absolute Gasteiger partial charge is 0.255 e. The Bertz CT molecular complexity index is 849. The summed E-state index contributed by atoms with van der Waals surface area (Å²) in [4.78, 5) is 12.3. The highest BCUT2D eigenvalue weighted by Crippen LogP contribution is 2.21. The summed E-state index contributed by atoms with van der Waals surface area (Å²) in [5, 5.41) is 3.34. The second-order valence-electron chi connectivity index (χ2n) is 5.33. The number of carbonyl (C=O) groups is 1. The molecular formula is C17H19ClN2O3S. The van der Waals surface area contributed by atoms with Crippen molar-refractivity contribution >= 4 is 38.9 Å². The third kappa shape index (κ3) is 4.07. The predicted molar refractivity (Wildman–Crippen MR) is 98.4 cm³/mol. The minimum absolute atomic E-state index is 0.0138. The van der Waals surface area contributed by atoms with Gasteiger partial charge < -0.3 is 5.32 Å². The fourth-order valence-corrected chi connectivity index (χ4v) is 3.06. The first-order valence-corrected chi connectivity index (χ1v) is 9.37. The van der Waals surface area contributed by atoms with Crippen molar-refractivity contribution in [1.29, 1.82) is 0 Å². The van der Waals surface area contributed by atoms with E-state index in [1.807, 2.05) is 13.0 Å². The normalized spacial score (nSPS) is 11.2. The SMILES string of the molecule is CCS(=O)(=O)N(C)c1ccc(C(=O)Nc2ccc(C)c(Cl)c2)cc1. The van der Waals surface area contributed by atoms with Crippen LogP contribution in [0.15, 0.2) is 42.5 Å². The number of hydrogen-bond acceptors (Lipinski definition) is 3. The molecule has 24 heavy (non-hydrogen) atoms. The molecule has 0 heterocycles. The maximum absolute atomic E-state index is 12.3. The summed E-state index contributed by atoms with van der Waals surface area (Å²) in [5.74, 6) is -0.276. The molecule has 0 aromatic heterocycles. The van der Waals surface area contributed by atoms with E-state index in [1.54, 1.807) is 43.3 Å². The average Bonchev–Trinajstić information content (AvgIpc) is 2.57. The summed E-state index contributed by atoms with van der Waals surface area (Å²) >= 11 is 6.04. The first kappa shape index (κ1) is 18.3. The van der Waals surface area contributed by atoms with Gasteiger partial charge in [0.25, 0.3) is 5.91 Å². The molecule has 0 radical (unpaired) electrons. The number of benzene rings is 2. The van der Waals surface area contributed by atoms with Gasteiger partial charge in [-0.05, 0) is 55.8 Å². The number of hydrogen-bond donors (Lipinski definition) is 1. The second kappa shape index (κ2) is 7.23. The summed E-state index contributed by atoms with van der Waals surface area (Å²) in [6, 6.07) is 11.7. The topological polar surface area (TPSA) is 66.5 Å². The van der Waals surface area contributed by atoms with E-state index in [2.05, 4.69) is 5.32 Å². The molecule has 0 saturated carbocycles. The zero-order valence-electron chi connectivity index (χ0n) is 13.7. The first-order chi connectivity index (χ1) is 11.2. The van der Waals surface area contributed by atoms with Gasteiger partial charge in [-0.15, -0.1) is 0 Å². The molecule has 2 aromatic carbocycles. The van der Waals surface area contributed by atoms with Gasteiger partial charge in [-0.25, -0.2) is 8.42 Å². The van der Waals surface area contributed by atoms with Crippen molar-refractivity contribution in [2.75, 3.05) is 22.4 Å². The molecule has 1 amide bonds. The van der Waals surface area contributed by atoms with E-state index in [-0.39, 0.29) is 11.7 Å². The Morgan fingerprint density at radius 1 is 1.17 bits per heavy atom. The van der Waals surface area contributed by atoms with Crippen molar-refractivity contribution < 1.29 is 13.2 Å². The molecule has 0 atom stereocenters. The van der Waals surface area contributed by atoms with Crippen molar-refractivity contribution in [1.82, 2.24) is 0 Å². The molecule has 0 aliphatic heterocycles. The quantitative estimate of drug-likeness (QED) is 0.877. The van der Waals surface area contributed by atoms with Gasteiger partial charge in [0.1, 0.15) is 0 Å². The van der Waals surface area contributed by atoms with Crippen molar-refractivity contribution in [3.05, 3.63) is 58.6 Å². The van der Waals surface area contributed by atoms with Gasteiger partial charge in [0.05, 0.1) is 11.4 Å². The van der Waals surface area contributed by atoms with Crippen LogP contribution in [0, 0.1) is 6.92 Å². The number of nitrogens with one attached hydrogen (secondary N) is 1. The summed E-state index contributed by atoms with van der Waals surface area (Å²) in [6.45, 7) is 3.47. The first-order valence-electron chi connectivity index (χ1n) is 7.39. The van der Waals surface area contributed by atoms with E-state index < -0.39 is 10.0 Å². The van der Waals surface area contributed by atoms with Crippen LogP contribution in [0.3, 0.4) is 0 Å². The molecule has 0 aliphatic rings. The zero-order chi connectivity index (χ0) is 17.9. The lowest BCUT2D eigenvalue weighted by atomic mass is 10.1. The largest absolute Gasteiger partial charge is 0.322 e. The third-order valence-electron chi connectivity index (χ3n) is 3.70. The highest BCUT2D eigenvalue weighted by molar-refractivity contribution is 7.92. The van der Waals surface area contributed by atoms with Gasteiger partial charge in [-0.2, -0.15) is 0 Å². The molecule has 7 heteroatoms. The Hall–Kier alpha value is -2.05. The Morgan fingerprint density at radius 3 is 2.33 bits per heavy atom. The lowest BCUT2D eigenvalue weighted by molar-refractivity contribution is 0.102. The molecule has 1 N–H and O–H groups in total. The maximum atomic E-state index is 12.3. The van der Waals surface area contributed by atoms with Crippen molar-refractivity contribution in [2.24, 2.45) is 0 Å². The molecule has 0 aliphatic carbocycles. The number of rotatable bonds is 5. The average molecular weight is 367 g/mol. The number of sulfonamides is 1. The van der Waals surface area contributed by atoms with Gasteiger partial charge in [0, 0.05) is 23.3 Å². The van der Waals surface area contributed by atoms with E-state index >= 15 is 0 Å². The van der Waals surface area contributed by atoms with Crippen LogP contribution < -0.4 is 9.62 Å². The van der Waals surface area contributed by atoms with E-state index in [1.165, 1.54) is 11.4 Å². The lowest BCUT2D eigenvalue weighted by Crippen LogP contribution is -2.28. The van der Waals surface area contributed by atoms with Gasteiger partial charge in [0.15, 0.2) is 0 Å². The van der Waals surface area contributed by atoms with Crippen molar-refractivity contribution in [3.63, 3.8) is 0 Å². The molecule has 0 bridgehead atoms. The number of aryl methyl sites for hydroxylation is 1. The van der Waals surface area contributed by atoms with Crippen LogP contribution in [-0.4, -0.2) is 27.1 Å².